The van der Waals surface area contributed by atoms with E-state index in [-0.39, 0.29) is 12.5 Å². The number of aryl methyl sites for hydroxylation is 2. The van der Waals surface area contributed by atoms with Crippen LogP contribution in [-0.2, 0) is 19.1 Å². The number of benzene rings is 1. The number of amides is 4. The van der Waals surface area contributed by atoms with Crippen LogP contribution in [0, 0.1) is 13.8 Å². The van der Waals surface area contributed by atoms with Gasteiger partial charge in [0.25, 0.3) is 0 Å². The van der Waals surface area contributed by atoms with Crippen LogP contribution in [-0.4, -0.2) is 52.4 Å². The maximum Gasteiger partial charge on any atom is 0.408 e. The molecule has 0 radical (unpaired) electrons. The van der Waals surface area contributed by atoms with Crippen LogP contribution in [0.2, 0.25) is 0 Å². The van der Waals surface area contributed by atoms with Gasteiger partial charge in [-0.05, 0) is 78.5 Å². The first-order chi connectivity index (χ1) is 18.0. The highest BCUT2D eigenvalue weighted by atomic mass is 16.6. The molecule has 0 aliphatic heterocycles. The summed E-state index contributed by atoms with van der Waals surface area (Å²) in [5, 5.41) is 5.57. The Labute approximate surface area is 234 Å². The van der Waals surface area contributed by atoms with Crippen molar-refractivity contribution in [3.05, 3.63) is 34.9 Å². The number of nitrogens with zero attached hydrogens (tertiary/aromatic N) is 1. The molecule has 0 saturated carbocycles. The number of rotatable bonds is 13. The number of nitrogens with two attached hydrogens (primary N) is 1. The van der Waals surface area contributed by atoms with E-state index in [4.69, 9.17) is 10.5 Å². The zero-order valence-corrected chi connectivity index (χ0v) is 25.4. The van der Waals surface area contributed by atoms with Gasteiger partial charge in [0.2, 0.25) is 17.7 Å². The lowest BCUT2D eigenvalue weighted by atomic mass is 9.92. The molecule has 0 aliphatic carbocycles. The van der Waals surface area contributed by atoms with Crippen LogP contribution in [0.15, 0.2) is 18.2 Å². The molecule has 1 rings (SSSR count). The van der Waals surface area contributed by atoms with Crippen molar-refractivity contribution < 1.29 is 23.9 Å². The van der Waals surface area contributed by atoms with Gasteiger partial charge in [-0.25, -0.2) is 4.79 Å². The molecule has 0 aliphatic rings. The Morgan fingerprint density at radius 1 is 0.949 bits per heavy atom. The summed E-state index contributed by atoms with van der Waals surface area (Å²) < 4.78 is 5.35. The molecule has 39 heavy (non-hydrogen) atoms. The maximum atomic E-state index is 14.2. The van der Waals surface area contributed by atoms with Gasteiger partial charge in [-0.15, -0.1) is 0 Å². The van der Waals surface area contributed by atoms with Crippen molar-refractivity contribution in [1.29, 1.82) is 0 Å². The number of carbonyl (C=O) groups excluding carboxylic acids is 4. The Hall–Kier alpha value is -3.10. The monoisotopic (exact) mass is 546 g/mol. The van der Waals surface area contributed by atoms with Gasteiger partial charge in [0.1, 0.15) is 17.7 Å². The number of nitrogens with one attached hydrogen (secondary N) is 2. The highest BCUT2D eigenvalue weighted by Gasteiger charge is 2.38. The van der Waals surface area contributed by atoms with Crippen LogP contribution < -0.4 is 16.4 Å². The second-order valence-corrected chi connectivity index (χ2v) is 12.3. The lowest BCUT2D eigenvalue weighted by Gasteiger charge is -2.37. The summed E-state index contributed by atoms with van der Waals surface area (Å²) in [6.07, 6.45) is 3.41. The van der Waals surface area contributed by atoms with Crippen molar-refractivity contribution in [3.8, 4) is 0 Å². The molecule has 1 aromatic rings. The lowest BCUT2D eigenvalue weighted by molar-refractivity contribution is -0.144. The average Bonchev–Trinajstić information content (AvgIpc) is 2.76. The van der Waals surface area contributed by atoms with Crippen LogP contribution >= 0.6 is 0 Å². The first-order valence-corrected chi connectivity index (χ1v) is 13.9. The van der Waals surface area contributed by atoms with Crippen molar-refractivity contribution in [2.24, 2.45) is 5.73 Å². The molecule has 0 bridgehead atoms. The van der Waals surface area contributed by atoms with E-state index in [0.29, 0.717) is 6.42 Å². The number of hydrogen-bond acceptors (Lipinski definition) is 5. The molecule has 4 N–H and O–H groups in total. The Kier molecular flexibility index (Phi) is 13.0. The predicted octanol–water partition coefficient (Wildman–Crippen LogP) is 4.83. The Morgan fingerprint density at radius 3 is 2.00 bits per heavy atom. The number of alkyl carbamates (subject to hydrolysis) is 1. The number of primary amides is 1. The lowest BCUT2D eigenvalue weighted by Crippen LogP contribution is -2.55. The summed E-state index contributed by atoms with van der Waals surface area (Å²) in [4.78, 5) is 54.2. The van der Waals surface area contributed by atoms with E-state index in [1.807, 2.05) is 52.8 Å². The molecule has 9 heteroatoms. The van der Waals surface area contributed by atoms with Crippen LogP contribution in [0.4, 0.5) is 4.79 Å². The van der Waals surface area contributed by atoms with Crippen molar-refractivity contribution in [2.75, 3.05) is 6.54 Å². The topological polar surface area (TPSA) is 131 Å². The van der Waals surface area contributed by atoms with E-state index < -0.39 is 47.6 Å². The van der Waals surface area contributed by atoms with Crippen molar-refractivity contribution in [3.63, 3.8) is 0 Å². The highest BCUT2D eigenvalue weighted by Crippen LogP contribution is 2.30. The van der Waals surface area contributed by atoms with Gasteiger partial charge in [0.05, 0.1) is 6.42 Å². The fraction of sp³-hybridized carbons (Fsp3) is 0.667. The number of carbonyl (C=O) groups is 4. The summed E-state index contributed by atoms with van der Waals surface area (Å²) in [6.45, 7) is 16.9. The molecule has 1 aromatic carbocycles. The first kappa shape index (κ1) is 33.9. The van der Waals surface area contributed by atoms with Gasteiger partial charge < -0.3 is 26.0 Å². The molecule has 2 atom stereocenters. The second-order valence-electron chi connectivity index (χ2n) is 12.3. The van der Waals surface area contributed by atoms with E-state index in [1.165, 1.54) is 4.90 Å². The quantitative estimate of drug-likeness (QED) is 0.305. The van der Waals surface area contributed by atoms with E-state index in [9.17, 15) is 19.2 Å². The minimum Gasteiger partial charge on any atom is -0.444 e. The smallest absolute Gasteiger partial charge is 0.408 e. The molecule has 0 fully saturated rings. The van der Waals surface area contributed by atoms with E-state index in [1.54, 1.807) is 20.8 Å². The molecular weight excluding hydrogens is 496 g/mol. The number of ether oxygens (including phenoxy) is 1. The first-order valence-electron chi connectivity index (χ1n) is 13.9. The third-order valence-corrected chi connectivity index (χ3v) is 6.05. The molecular formula is C30H50N4O5. The Morgan fingerprint density at radius 2 is 1.51 bits per heavy atom. The fourth-order valence-electron chi connectivity index (χ4n) is 4.43. The molecule has 220 valence electrons. The molecule has 0 saturated heterocycles. The van der Waals surface area contributed by atoms with Gasteiger partial charge in [0.15, 0.2) is 0 Å². The zero-order valence-electron chi connectivity index (χ0n) is 25.4. The highest BCUT2D eigenvalue weighted by molar-refractivity contribution is 5.95. The fourth-order valence-corrected chi connectivity index (χ4v) is 4.43. The number of unbranched alkanes of at least 4 members (excludes halogenated alkanes) is 4. The van der Waals surface area contributed by atoms with E-state index >= 15 is 0 Å². The zero-order chi connectivity index (χ0) is 30.0. The third kappa shape index (κ3) is 12.1. The van der Waals surface area contributed by atoms with E-state index in [2.05, 4.69) is 17.6 Å². The van der Waals surface area contributed by atoms with Gasteiger partial charge >= 0.3 is 6.09 Å². The Balaban J connectivity index is 3.62. The average molecular weight is 547 g/mol. The van der Waals surface area contributed by atoms with Crippen LogP contribution in [0.5, 0.6) is 0 Å². The van der Waals surface area contributed by atoms with Gasteiger partial charge in [0, 0.05) is 12.1 Å². The van der Waals surface area contributed by atoms with Crippen LogP contribution in [0.25, 0.3) is 0 Å². The summed E-state index contributed by atoms with van der Waals surface area (Å²) in [5.41, 5.74) is 6.57. The van der Waals surface area contributed by atoms with Crippen LogP contribution in [0.3, 0.4) is 0 Å². The summed E-state index contributed by atoms with van der Waals surface area (Å²) >= 11 is 0. The number of hydrogen-bond donors (Lipinski definition) is 3. The molecule has 0 spiro atoms. The predicted molar refractivity (Wildman–Crippen MR) is 154 cm³/mol. The largest absolute Gasteiger partial charge is 0.444 e. The maximum absolute atomic E-state index is 14.2. The summed E-state index contributed by atoms with van der Waals surface area (Å²) in [6, 6.07) is 3.46. The van der Waals surface area contributed by atoms with Crippen LogP contribution in [0.1, 0.15) is 110 Å². The standard InChI is InChI=1S/C30H50N4O5/c1-10-11-12-13-14-18-34(27(37)22(19-23(31)35)32-28(38)39-30(7,8)9)25(26(36)33-29(4,5)6)24-20(2)16-15-17-21(24)3/h15-17,22,25H,10-14,18-19H2,1-9H3,(H2,31,35)(H,32,38)(H,33,36). The Bertz CT molecular complexity index is 974. The molecule has 4 amide bonds. The van der Waals surface area contributed by atoms with Crippen molar-refractivity contribution >= 4 is 23.8 Å². The van der Waals surface area contributed by atoms with Crippen molar-refractivity contribution in [2.45, 2.75) is 124 Å². The van der Waals surface area contributed by atoms with Gasteiger partial charge in [-0.1, -0.05) is 50.8 Å². The van der Waals surface area contributed by atoms with Crippen molar-refractivity contribution in [1.82, 2.24) is 15.5 Å². The minimum atomic E-state index is -1.29. The minimum absolute atomic E-state index is 0.268. The molecule has 0 aromatic heterocycles. The summed E-state index contributed by atoms with van der Waals surface area (Å²) in [7, 11) is 0. The molecule has 0 heterocycles. The SMILES string of the molecule is CCCCCCCN(C(=O)C(CC(N)=O)NC(=O)OC(C)(C)C)C(C(=O)NC(C)(C)C)c1c(C)cccc1C. The van der Waals surface area contributed by atoms with E-state index in [0.717, 1.165) is 42.4 Å². The third-order valence-electron chi connectivity index (χ3n) is 6.05. The molecule has 9 nitrogen and oxygen atoms in total. The second kappa shape index (κ2) is 14.9. The normalized spacial score (nSPS) is 13.3. The van der Waals surface area contributed by atoms with Gasteiger partial charge in [-0.2, -0.15) is 0 Å². The summed E-state index contributed by atoms with van der Waals surface area (Å²) in [5.74, 6) is -1.65. The van der Waals surface area contributed by atoms with Gasteiger partial charge in [-0.3, -0.25) is 14.4 Å². The molecule has 2 unspecified atom stereocenters.